The van der Waals surface area contributed by atoms with Crippen LogP contribution in [0.15, 0.2) is 47.7 Å². The van der Waals surface area contributed by atoms with Crippen LogP contribution >= 0.6 is 0 Å². The van der Waals surface area contributed by atoms with Crippen molar-refractivity contribution in [3.05, 3.63) is 58.8 Å². The van der Waals surface area contributed by atoms with Gasteiger partial charge in [-0.3, -0.25) is 9.59 Å². The summed E-state index contributed by atoms with van der Waals surface area (Å²) in [5, 5.41) is 2.96. The van der Waals surface area contributed by atoms with E-state index in [4.69, 9.17) is 18.9 Å². The van der Waals surface area contributed by atoms with Crippen molar-refractivity contribution in [1.29, 1.82) is 0 Å². The lowest BCUT2D eigenvalue weighted by molar-refractivity contribution is -0.122. The lowest BCUT2D eigenvalue weighted by Crippen LogP contribution is -2.38. The molecule has 2 aromatic rings. The monoisotopic (exact) mass is 437 g/mol. The number of carbonyl (C=O) groups is 2. The molecule has 1 aliphatic heterocycles. The Balaban J connectivity index is 1.70. The number of rotatable bonds is 6. The quantitative estimate of drug-likeness (QED) is 0.742. The van der Waals surface area contributed by atoms with Crippen molar-refractivity contribution in [2.45, 2.75) is 31.1 Å². The third-order valence-corrected chi connectivity index (χ3v) is 6.21. The predicted molar refractivity (Wildman–Crippen MR) is 119 cm³/mol. The average Bonchev–Trinajstić information content (AvgIpc) is 2.82. The summed E-state index contributed by atoms with van der Waals surface area (Å²) < 4.78 is 21.6. The molecule has 1 N–H and O–H groups in total. The Morgan fingerprint density at radius 3 is 2.00 bits per heavy atom. The molecule has 1 heterocycles. The molecular weight excluding hydrogens is 410 g/mol. The Kier molecular flexibility index (Phi) is 6.08. The molecule has 0 unspecified atom stereocenters. The van der Waals surface area contributed by atoms with E-state index in [1.54, 1.807) is 28.4 Å². The minimum absolute atomic E-state index is 0.0471. The molecule has 1 amide bonds. The van der Waals surface area contributed by atoms with E-state index < -0.39 is 0 Å². The lowest BCUT2D eigenvalue weighted by atomic mass is 9.73. The molecule has 0 fully saturated rings. The maximum atomic E-state index is 13.3. The summed E-state index contributed by atoms with van der Waals surface area (Å²) in [5.74, 6) is 1.93. The van der Waals surface area contributed by atoms with Gasteiger partial charge in [-0.05, 0) is 47.7 Å². The van der Waals surface area contributed by atoms with Gasteiger partial charge >= 0.3 is 0 Å². The molecule has 32 heavy (non-hydrogen) atoms. The van der Waals surface area contributed by atoms with Crippen LogP contribution in [-0.2, 0) is 9.59 Å². The van der Waals surface area contributed by atoms with Crippen LogP contribution in [0.2, 0.25) is 0 Å². The van der Waals surface area contributed by atoms with Crippen molar-refractivity contribution in [3.63, 3.8) is 0 Å². The summed E-state index contributed by atoms with van der Waals surface area (Å²) in [6.45, 7) is 0. The molecule has 0 saturated carbocycles. The second-order valence-corrected chi connectivity index (χ2v) is 7.96. The number of carbonyl (C=O) groups excluding carboxylic acids is 2. The summed E-state index contributed by atoms with van der Waals surface area (Å²) in [6, 6.07) is 11.3. The maximum absolute atomic E-state index is 13.3. The van der Waals surface area contributed by atoms with Gasteiger partial charge in [0, 0.05) is 30.0 Å². The van der Waals surface area contributed by atoms with Crippen LogP contribution in [0, 0.1) is 0 Å². The highest BCUT2D eigenvalue weighted by molar-refractivity contribution is 6.02. The first-order valence-electron chi connectivity index (χ1n) is 10.5. The van der Waals surface area contributed by atoms with Crippen LogP contribution in [0.5, 0.6) is 23.0 Å². The molecule has 0 radical (unpaired) electrons. The number of methoxy groups -OCH3 is 4. The first-order chi connectivity index (χ1) is 15.5. The molecule has 4 rings (SSSR count). The highest BCUT2D eigenvalue weighted by Gasteiger charge is 2.38. The number of allylic oxidation sites excluding steroid dienone is 2. The molecule has 0 spiro atoms. The number of amides is 1. The molecular formula is C25H27NO6. The Morgan fingerprint density at radius 2 is 1.44 bits per heavy atom. The standard InChI is InChI=1S/C25H27NO6/c1-29-17-7-5-14(6-8-17)18-13-23(28)26-19-9-15(10-20(27)24(18)19)16-11-21(30-2)25(32-4)22(12-16)31-3/h5-8,11-12,15,18H,9-10,13H2,1-4H3,(H,26,28)/t15-,18-/m1/s1. The van der Waals surface area contributed by atoms with Crippen LogP contribution in [0.3, 0.4) is 0 Å². The van der Waals surface area contributed by atoms with Gasteiger partial charge in [0.2, 0.25) is 11.7 Å². The van der Waals surface area contributed by atoms with E-state index in [2.05, 4.69) is 5.32 Å². The van der Waals surface area contributed by atoms with E-state index >= 15 is 0 Å². The molecule has 2 aliphatic rings. The van der Waals surface area contributed by atoms with Crippen LogP contribution in [0.25, 0.3) is 0 Å². The molecule has 0 aromatic heterocycles. The van der Waals surface area contributed by atoms with Gasteiger partial charge in [0.1, 0.15) is 5.75 Å². The van der Waals surface area contributed by atoms with E-state index in [0.29, 0.717) is 41.4 Å². The predicted octanol–water partition coefficient (Wildman–Crippen LogP) is 3.73. The van der Waals surface area contributed by atoms with Gasteiger partial charge in [-0.25, -0.2) is 0 Å². The fourth-order valence-corrected chi connectivity index (χ4v) is 4.65. The Labute approximate surface area is 187 Å². The number of hydrogen-bond acceptors (Lipinski definition) is 6. The van der Waals surface area contributed by atoms with Gasteiger partial charge in [0.25, 0.3) is 0 Å². The highest BCUT2D eigenvalue weighted by Crippen LogP contribution is 2.46. The van der Waals surface area contributed by atoms with E-state index in [0.717, 1.165) is 16.9 Å². The van der Waals surface area contributed by atoms with Crippen LogP contribution in [-0.4, -0.2) is 40.1 Å². The van der Waals surface area contributed by atoms with E-state index in [1.807, 2.05) is 36.4 Å². The number of nitrogens with one attached hydrogen (secondary N) is 1. The molecule has 2 atom stereocenters. The molecule has 7 heteroatoms. The minimum Gasteiger partial charge on any atom is -0.497 e. The molecule has 2 aromatic carbocycles. The third kappa shape index (κ3) is 3.90. The minimum atomic E-state index is -0.252. The zero-order chi connectivity index (χ0) is 22.8. The third-order valence-electron chi connectivity index (χ3n) is 6.21. The summed E-state index contributed by atoms with van der Waals surface area (Å²) in [4.78, 5) is 25.9. The second kappa shape index (κ2) is 8.94. The van der Waals surface area contributed by atoms with Crippen molar-refractivity contribution in [2.24, 2.45) is 0 Å². The summed E-state index contributed by atoms with van der Waals surface area (Å²) in [7, 11) is 6.29. The number of Topliss-reactive ketones (excluding diaryl/α,β-unsaturated/α-hetero) is 1. The highest BCUT2D eigenvalue weighted by atomic mass is 16.5. The van der Waals surface area contributed by atoms with E-state index in [1.165, 1.54) is 0 Å². The topological polar surface area (TPSA) is 83.1 Å². The van der Waals surface area contributed by atoms with Crippen LogP contribution in [0.1, 0.15) is 42.2 Å². The van der Waals surface area contributed by atoms with Crippen LogP contribution in [0.4, 0.5) is 0 Å². The number of ketones is 1. The van der Waals surface area contributed by atoms with Gasteiger partial charge < -0.3 is 24.3 Å². The molecule has 168 valence electrons. The molecule has 0 saturated heterocycles. The summed E-state index contributed by atoms with van der Waals surface area (Å²) >= 11 is 0. The Morgan fingerprint density at radius 1 is 0.781 bits per heavy atom. The maximum Gasteiger partial charge on any atom is 0.225 e. The summed E-state index contributed by atoms with van der Waals surface area (Å²) in [5.41, 5.74) is 3.25. The SMILES string of the molecule is COc1ccc([C@H]2CC(=O)NC3=C2C(=O)C[C@H](c2cc(OC)c(OC)c(OC)c2)C3)cc1. The van der Waals surface area contributed by atoms with Gasteiger partial charge in [-0.15, -0.1) is 0 Å². The smallest absolute Gasteiger partial charge is 0.225 e. The Bertz CT molecular complexity index is 1050. The number of hydrogen-bond donors (Lipinski definition) is 1. The fourth-order valence-electron chi connectivity index (χ4n) is 4.65. The van der Waals surface area contributed by atoms with Crippen molar-refractivity contribution in [1.82, 2.24) is 5.32 Å². The van der Waals surface area contributed by atoms with Gasteiger partial charge in [0.05, 0.1) is 28.4 Å². The number of benzene rings is 2. The first kappa shape index (κ1) is 21.7. The van der Waals surface area contributed by atoms with Crippen molar-refractivity contribution < 1.29 is 28.5 Å². The lowest BCUT2D eigenvalue weighted by Gasteiger charge is -2.34. The summed E-state index contributed by atoms with van der Waals surface area (Å²) in [6.07, 6.45) is 1.16. The Hall–Kier alpha value is -3.48. The molecule has 7 nitrogen and oxygen atoms in total. The van der Waals surface area contributed by atoms with E-state index in [9.17, 15) is 9.59 Å². The zero-order valence-electron chi connectivity index (χ0n) is 18.7. The van der Waals surface area contributed by atoms with E-state index in [-0.39, 0.29) is 29.9 Å². The van der Waals surface area contributed by atoms with Crippen molar-refractivity contribution in [3.8, 4) is 23.0 Å². The van der Waals surface area contributed by atoms with Gasteiger partial charge in [-0.1, -0.05) is 12.1 Å². The fraction of sp³-hybridized carbons (Fsp3) is 0.360. The average molecular weight is 437 g/mol. The number of ether oxygens (including phenoxy) is 4. The first-order valence-corrected chi connectivity index (χ1v) is 10.5. The van der Waals surface area contributed by atoms with Gasteiger partial charge in [0.15, 0.2) is 17.3 Å². The van der Waals surface area contributed by atoms with Gasteiger partial charge in [-0.2, -0.15) is 0 Å². The largest absolute Gasteiger partial charge is 0.497 e. The van der Waals surface area contributed by atoms with Crippen molar-refractivity contribution >= 4 is 11.7 Å². The van der Waals surface area contributed by atoms with Crippen molar-refractivity contribution in [2.75, 3.05) is 28.4 Å². The zero-order valence-corrected chi connectivity index (χ0v) is 18.7. The molecule has 1 aliphatic carbocycles. The second-order valence-electron chi connectivity index (χ2n) is 7.96. The molecule has 0 bridgehead atoms. The normalized spacial score (nSPS) is 20.4. The van der Waals surface area contributed by atoms with Crippen LogP contribution < -0.4 is 24.3 Å².